The Labute approximate surface area is 129 Å². The molecule has 0 aliphatic rings. The average molecular weight is 298 g/mol. The molecule has 0 atom stereocenters. The number of carbonyl (C=O) groups excluding carboxylic acids is 1. The van der Waals surface area contributed by atoms with Crippen LogP contribution in [0.3, 0.4) is 0 Å². The quantitative estimate of drug-likeness (QED) is 0.621. The van der Waals surface area contributed by atoms with Crippen molar-refractivity contribution in [1.82, 2.24) is 15.3 Å². The first-order chi connectivity index (χ1) is 10.4. The smallest absolute Gasteiger partial charge is 0.408 e. The maximum atomic E-state index is 11.5. The summed E-state index contributed by atoms with van der Waals surface area (Å²) in [4.78, 5) is 20.0. The second-order valence-corrected chi connectivity index (χ2v) is 5.61. The molecule has 114 valence electrons. The zero-order chi connectivity index (χ0) is 16.2. The molecule has 0 spiro atoms. The molecule has 6 nitrogen and oxygen atoms in total. The average Bonchev–Trinajstić information content (AvgIpc) is 2.43. The molecule has 2 aromatic rings. The Bertz CT molecular complexity index is 754. The molecular formula is C16H18N4O2. The van der Waals surface area contributed by atoms with E-state index in [1.807, 2.05) is 0 Å². The number of hydrogen-bond acceptors (Lipinski definition) is 5. The SMILES string of the molecule is CC(C)(C)OC(=O)NCC#Cc1c(N)ccc2nccnc12. The molecule has 0 aliphatic carbocycles. The van der Waals surface area contributed by atoms with E-state index in [1.54, 1.807) is 45.3 Å². The van der Waals surface area contributed by atoms with Crippen LogP contribution in [0.5, 0.6) is 0 Å². The van der Waals surface area contributed by atoms with Crippen molar-refractivity contribution in [2.45, 2.75) is 26.4 Å². The number of hydrogen-bond donors (Lipinski definition) is 2. The van der Waals surface area contributed by atoms with E-state index in [0.29, 0.717) is 16.8 Å². The van der Waals surface area contributed by atoms with Crippen LogP contribution in [0.25, 0.3) is 11.0 Å². The van der Waals surface area contributed by atoms with Crippen molar-refractivity contribution in [1.29, 1.82) is 0 Å². The van der Waals surface area contributed by atoms with Gasteiger partial charge in [-0.15, -0.1) is 0 Å². The van der Waals surface area contributed by atoms with Crippen molar-refractivity contribution in [2.24, 2.45) is 0 Å². The predicted molar refractivity (Wildman–Crippen MR) is 85.1 cm³/mol. The molecule has 0 fully saturated rings. The van der Waals surface area contributed by atoms with Gasteiger partial charge in [0.1, 0.15) is 11.1 Å². The number of amides is 1. The second-order valence-electron chi connectivity index (χ2n) is 5.61. The summed E-state index contributed by atoms with van der Waals surface area (Å²) < 4.78 is 5.12. The Morgan fingerprint density at radius 1 is 1.32 bits per heavy atom. The lowest BCUT2D eigenvalue weighted by atomic mass is 10.1. The second kappa shape index (κ2) is 6.31. The standard InChI is InChI=1S/C16H18N4O2/c1-16(2,3)22-15(21)20-8-4-5-11-12(17)6-7-13-14(11)19-10-9-18-13/h6-7,9-10H,8,17H2,1-3H3,(H,20,21). The molecule has 0 unspecified atom stereocenters. The van der Waals surface area contributed by atoms with Crippen LogP contribution in [0, 0.1) is 11.8 Å². The largest absolute Gasteiger partial charge is 0.444 e. The molecule has 1 aromatic carbocycles. The van der Waals surface area contributed by atoms with Gasteiger partial charge in [-0.05, 0) is 32.9 Å². The van der Waals surface area contributed by atoms with Gasteiger partial charge in [0, 0.05) is 18.1 Å². The highest BCUT2D eigenvalue weighted by molar-refractivity contribution is 5.86. The van der Waals surface area contributed by atoms with Crippen LogP contribution in [0.1, 0.15) is 26.3 Å². The van der Waals surface area contributed by atoms with Crippen LogP contribution in [0.2, 0.25) is 0 Å². The summed E-state index contributed by atoms with van der Waals surface area (Å²) in [7, 11) is 0. The van der Waals surface area contributed by atoms with Crippen molar-refractivity contribution < 1.29 is 9.53 Å². The van der Waals surface area contributed by atoms with Gasteiger partial charge in [0.05, 0.1) is 17.6 Å². The van der Waals surface area contributed by atoms with Gasteiger partial charge in [-0.1, -0.05) is 11.8 Å². The minimum Gasteiger partial charge on any atom is -0.444 e. The van der Waals surface area contributed by atoms with E-state index in [2.05, 4.69) is 27.1 Å². The number of benzene rings is 1. The van der Waals surface area contributed by atoms with Gasteiger partial charge >= 0.3 is 6.09 Å². The van der Waals surface area contributed by atoms with Crippen LogP contribution in [0.15, 0.2) is 24.5 Å². The number of nitrogens with two attached hydrogens (primary N) is 1. The number of aromatic nitrogens is 2. The molecule has 2 rings (SSSR count). The van der Waals surface area contributed by atoms with Crippen LogP contribution < -0.4 is 11.1 Å². The number of carbonyl (C=O) groups is 1. The Hall–Kier alpha value is -2.81. The van der Waals surface area contributed by atoms with Crippen molar-refractivity contribution >= 4 is 22.8 Å². The van der Waals surface area contributed by atoms with Gasteiger partial charge in [0.15, 0.2) is 0 Å². The third-order valence-corrected chi connectivity index (χ3v) is 2.61. The number of fused-ring (bicyclic) bond motifs is 1. The molecule has 0 radical (unpaired) electrons. The lowest BCUT2D eigenvalue weighted by Crippen LogP contribution is -2.32. The van der Waals surface area contributed by atoms with Gasteiger partial charge in [-0.2, -0.15) is 0 Å². The van der Waals surface area contributed by atoms with E-state index < -0.39 is 11.7 Å². The van der Waals surface area contributed by atoms with Gasteiger partial charge in [-0.3, -0.25) is 9.97 Å². The molecule has 0 aliphatic heterocycles. The molecule has 1 amide bonds. The van der Waals surface area contributed by atoms with E-state index in [-0.39, 0.29) is 6.54 Å². The number of nitrogen functional groups attached to an aromatic ring is 1. The van der Waals surface area contributed by atoms with Crippen LogP contribution >= 0.6 is 0 Å². The first-order valence-corrected chi connectivity index (χ1v) is 6.82. The maximum Gasteiger partial charge on any atom is 0.408 e. The van der Waals surface area contributed by atoms with Crippen LogP contribution in [-0.4, -0.2) is 28.2 Å². The normalized spacial score (nSPS) is 10.7. The third kappa shape index (κ3) is 4.09. The molecule has 6 heteroatoms. The van der Waals surface area contributed by atoms with Crippen molar-refractivity contribution in [3.8, 4) is 11.8 Å². The molecular weight excluding hydrogens is 280 g/mol. The zero-order valence-corrected chi connectivity index (χ0v) is 12.8. The van der Waals surface area contributed by atoms with Gasteiger partial charge in [0.25, 0.3) is 0 Å². The zero-order valence-electron chi connectivity index (χ0n) is 12.8. The fourth-order valence-corrected chi connectivity index (χ4v) is 1.75. The molecule has 22 heavy (non-hydrogen) atoms. The molecule has 0 saturated heterocycles. The number of nitrogens with one attached hydrogen (secondary N) is 1. The third-order valence-electron chi connectivity index (χ3n) is 2.61. The van der Waals surface area contributed by atoms with E-state index >= 15 is 0 Å². The number of nitrogens with zero attached hydrogens (tertiary/aromatic N) is 2. The summed E-state index contributed by atoms with van der Waals surface area (Å²) in [6.07, 6.45) is 2.69. The summed E-state index contributed by atoms with van der Waals surface area (Å²) in [5.41, 5.74) is 7.90. The summed E-state index contributed by atoms with van der Waals surface area (Å²) in [6, 6.07) is 3.53. The number of alkyl carbamates (subject to hydrolysis) is 1. The van der Waals surface area contributed by atoms with Gasteiger partial charge < -0.3 is 15.8 Å². The molecule has 3 N–H and O–H groups in total. The molecule has 0 saturated carbocycles. The number of ether oxygens (including phenoxy) is 1. The van der Waals surface area contributed by atoms with Gasteiger partial charge in [0.2, 0.25) is 0 Å². The minimum atomic E-state index is -0.535. The van der Waals surface area contributed by atoms with Crippen LogP contribution in [-0.2, 0) is 4.74 Å². The summed E-state index contributed by atoms with van der Waals surface area (Å²) in [5, 5.41) is 2.57. The summed E-state index contributed by atoms with van der Waals surface area (Å²) in [6.45, 7) is 5.56. The first-order valence-electron chi connectivity index (χ1n) is 6.82. The maximum absolute atomic E-state index is 11.5. The Morgan fingerprint density at radius 2 is 2.05 bits per heavy atom. The van der Waals surface area contributed by atoms with E-state index in [9.17, 15) is 4.79 Å². The van der Waals surface area contributed by atoms with Crippen molar-refractivity contribution in [3.63, 3.8) is 0 Å². The van der Waals surface area contributed by atoms with Crippen molar-refractivity contribution in [2.75, 3.05) is 12.3 Å². The fourth-order valence-electron chi connectivity index (χ4n) is 1.75. The number of anilines is 1. The van der Waals surface area contributed by atoms with Crippen molar-refractivity contribution in [3.05, 3.63) is 30.1 Å². The summed E-state index contributed by atoms with van der Waals surface area (Å²) in [5.74, 6) is 5.77. The van der Waals surface area contributed by atoms with E-state index in [4.69, 9.17) is 10.5 Å². The Balaban J connectivity index is 2.09. The predicted octanol–water partition coefficient (Wildman–Crippen LogP) is 2.09. The highest BCUT2D eigenvalue weighted by atomic mass is 16.6. The minimum absolute atomic E-state index is 0.158. The lowest BCUT2D eigenvalue weighted by Gasteiger charge is -2.19. The van der Waals surface area contributed by atoms with Gasteiger partial charge in [-0.25, -0.2) is 4.79 Å². The number of rotatable bonds is 1. The highest BCUT2D eigenvalue weighted by Gasteiger charge is 2.15. The fraction of sp³-hybridized carbons (Fsp3) is 0.312. The Morgan fingerprint density at radius 3 is 2.77 bits per heavy atom. The Kier molecular flexibility index (Phi) is 4.47. The topological polar surface area (TPSA) is 90.1 Å². The highest BCUT2D eigenvalue weighted by Crippen LogP contribution is 2.19. The molecule has 1 aromatic heterocycles. The first kappa shape index (κ1) is 15.6. The lowest BCUT2D eigenvalue weighted by molar-refractivity contribution is 0.0535. The monoisotopic (exact) mass is 298 g/mol. The van der Waals surface area contributed by atoms with Crippen LogP contribution in [0.4, 0.5) is 10.5 Å². The summed E-state index contributed by atoms with van der Waals surface area (Å²) >= 11 is 0. The van der Waals surface area contributed by atoms with E-state index in [1.165, 1.54) is 0 Å². The van der Waals surface area contributed by atoms with E-state index in [0.717, 1.165) is 5.52 Å². The molecule has 1 heterocycles. The molecule has 0 bridgehead atoms.